The Morgan fingerprint density at radius 2 is 2.12 bits per heavy atom. The molecule has 0 saturated carbocycles. The van der Waals surface area contributed by atoms with E-state index in [1.807, 2.05) is 6.07 Å². The molecule has 1 atom stereocenters. The second kappa shape index (κ2) is 9.55. The van der Waals surface area contributed by atoms with Gasteiger partial charge < -0.3 is 15.4 Å². The standard InChI is InChI=1S/C18H25N5O3/c1-4-26-18(25)22-15(8-13(2)3)10-20-17(24)14-6-5-7-16(9-14)23-12-19-11-21-23/h5-7,9,11-13,15H,4,8,10H2,1-3H3,(H,20,24)(H,22,25). The van der Waals surface area contributed by atoms with Gasteiger partial charge in [0, 0.05) is 18.2 Å². The highest BCUT2D eigenvalue weighted by Crippen LogP contribution is 2.10. The fraction of sp³-hybridized carbons (Fsp3) is 0.444. The molecule has 0 aliphatic heterocycles. The lowest BCUT2D eigenvalue weighted by Crippen LogP contribution is -2.44. The molecule has 1 aromatic carbocycles. The van der Waals surface area contributed by atoms with E-state index in [1.165, 1.54) is 6.33 Å². The summed E-state index contributed by atoms with van der Waals surface area (Å²) in [4.78, 5) is 28.0. The molecule has 0 aliphatic carbocycles. The maximum Gasteiger partial charge on any atom is 0.407 e. The van der Waals surface area contributed by atoms with Gasteiger partial charge in [-0.2, -0.15) is 5.10 Å². The topological polar surface area (TPSA) is 98.1 Å². The summed E-state index contributed by atoms with van der Waals surface area (Å²) in [5.41, 5.74) is 1.26. The van der Waals surface area contributed by atoms with Crippen LogP contribution < -0.4 is 10.6 Å². The lowest BCUT2D eigenvalue weighted by Gasteiger charge is -2.20. The number of benzene rings is 1. The molecule has 0 aliphatic rings. The van der Waals surface area contributed by atoms with Gasteiger partial charge in [-0.05, 0) is 37.5 Å². The van der Waals surface area contributed by atoms with Crippen LogP contribution in [0.4, 0.5) is 4.79 Å². The van der Waals surface area contributed by atoms with Crippen LogP contribution in [0.25, 0.3) is 5.69 Å². The van der Waals surface area contributed by atoms with Crippen molar-refractivity contribution in [1.82, 2.24) is 25.4 Å². The highest BCUT2D eigenvalue weighted by molar-refractivity contribution is 5.94. The third kappa shape index (κ3) is 5.87. The lowest BCUT2D eigenvalue weighted by atomic mass is 10.0. The molecule has 8 heteroatoms. The Labute approximate surface area is 153 Å². The zero-order valence-electron chi connectivity index (χ0n) is 15.3. The first-order valence-electron chi connectivity index (χ1n) is 8.66. The summed E-state index contributed by atoms with van der Waals surface area (Å²) in [6.45, 7) is 6.50. The Morgan fingerprint density at radius 1 is 1.31 bits per heavy atom. The Hall–Kier alpha value is -2.90. The molecule has 1 unspecified atom stereocenters. The number of ether oxygens (including phenoxy) is 1. The summed E-state index contributed by atoms with van der Waals surface area (Å²) in [6.07, 6.45) is 3.27. The van der Waals surface area contributed by atoms with Crippen molar-refractivity contribution in [3.63, 3.8) is 0 Å². The molecule has 0 radical (unpaired) electrons. The van der Waals surface area contributed by atoms with Crippen molar-refractivity contribution < 1.29 is 14.3 Å². The van der Waals surface area contributed by atoms with Crippen molar-refractivity contribution in [3.05, 3.63) is 42.5 Å². The van der Waals surface area contributed by atoms with Crippen LogP contribution >= 0.6 is 0 Å². The first-order chi connectivity index (χ1) is 12.5. The number of hydrogen-bond acceptors (Lipinski definition) is 5. The van der Waals surface area contributed by atoms with Crippen LogP contribution in [0.5, 0.6) is 0 Å². The van der Waals surface area contributed by atoms with E-state index in [2.05, 4.69) is 34.6 Å². The predicted octanol–water partition coefficient (Wildman–Crippen LogP) is 2.16. The molecule has 0 bridgehead atoms. The molecule has 0 spiro atoms. The zero-order chi connectivity index (χ0) is 18.9. The van der Waals surface area contributed by atoms with Crippen molar-refractivity contribution in [2.45, 2.75) is 33.2 Å². The van der Waals surface area contributed by atoms with Crippen LogP contribution in [0.3, 0.4) is 0 Å². The molecule has 2 amide bonds. The van der Waals surface area contributed by atoms with Crippen LogP contribution in [0.15, 0.2) is 36.9 Å². The SMILES string of the molecule is CCOC(=O)NC(CNC(=O)c1cccc(-n2cncn2)c1)CC(C)C. The van der Waals surface area contributed by atoms with Crippen LogP contribution in [-0.2, 0) is 4.74 Å². The molecule has 2 N–H and O–H groups in total. The van der Waals surface area contributed by atoms with E-state index in [9.17, 15) is 9.59 Å². The second-order valence-electron chi connectivity index (χ2n) is 6.29. The quantitative estimate of drug-likeness (QED) is 0.753. The van der Waals surface area contributed by atoms with Crippen LogP contribution in [0.1, 0.15) is 37.6 Å². The van der Waals surface area contributed by atoms with Crippen molar-refractivity contribution in [1.29, 1.82) is 0 Å². The number of nitrogens with zero attached hydrogens (tertiary/aromatic N) is 3. The largest absolute Gasteiger partial charge is 0.450 e. The fourth-order valence-corrected chi connectivity index (χ4v) is 2.55. The zero-order valence-corrected chi connectivity index (χ0v) is 15.3. The minimum atomic E-state index is -0.472. The molecule has 140 valence electrons. The van der Waals surface area contributed by atoms with E-state index in [0.29, 0.717) is 24.6 Å². The van der Waals surface area contributed by atoms with Gasteiger partial charge in [-0.25, -0.2) is 14.5 Å². The van der Waals surface area contributed by atoms with Gasteiger partial charge in [0.25, 0.3) is 5.91 Å². The number of aromatic nitrogens is 3. The molecule has 2 aromatic rings. The molecule has 1 heterocycles. The van der Waals surface area contributed by atoms with Gasteiger partial charge in [-0.15, -0.1) is 0 Å². The van der Waals surface area contributed by atoms with Gasteiger partial charge >= 0.3 is 6.09 Å². The number of carbonyl (C=O) groups excluding carboxylic acids is 2. The van der Waals surface area contributed by atoms with E-state index >= 15 is 0 Å². The van der Waals surface area contributed by atoms with Crippen LogP contribution in [0.2, 0.25) is 0 Å². The van der Waals surface area contributed by atoms with E-state index in [1.54, 1.807) is 36.1 Å². The molecular weight excluding hydrogens is 334 g/mol. The molecule has 0 saturated heterocycles. The third-order valence-electron chi connectivity index (χ3n) is 3.65. The third-order valence-corrected chi connectivity index (χ3v) is 3.65. The number of nitrogens with one attached hydrogen (secondary N) is 2. The summed E-state index contributed by atoms with van der Waals surface area (Å²) in [5.74, 6) is 0.154. The van der Waals surface area contributed by atoms with Crippen LogP contribution in [-0.4, -0.2) is 46.0 Å². The Morgan fingerprint density at radius 3 is 2.77 bits per heavy atom. The Kier molecular flexibility index (Phi) is 7.13. The number of alkyl carbamates (subject to hydrolysis) is 1. The number of amides is 2. The van der Waals surface area contributed by atoms with Crippen molar-refractivity contribution in [2.24, 2.45) is 5.92 Å². The number of hydrogen-bond donors (Lipinski definition) is 2. The van der Waals surface area contributed by atoms with E-state index in [4.69, 9.17) is 4.74 Å². The van der Waals surface area contributed by atoms with Crippen molar-refractivity contribution in [3.8, 4) is 5.69 Å². The summed E-state index contributed by atoms with van der Waals surface area (Å²) < 4.78 is 6.51. The molecule has 0 fully saturated rings. The summed E-state index contributed by atoms with van der Waals surface area (Å²) in [6, 6.07) is 6.90. The van der Waals surface area contributed by atoms with Gasteiger partial charge in [0.05, 0.1) is 12.3 Å². The predicted molar refractivity (Wildman–Crippen MR) is 97.1 cm³/mol. The average molecular weight is 359 g/mol. The molecule has 1 aromatic heterocycles. The number of carbonyl (C=O) groups is 2. The number of rotatable bonds is 8. The minimum absolute atomic E-state index is 0.198. The van der Waals surface area contributed by atoms with Crippen molar-refractivity contribution >= 4 is 12.0 Å². The minimum Gasteiger partial charge on any atom is -0.450 e. The van der Waals surface area contributed by atoms with Gasteiger partial charge in [0.2, 0.25) is 0 Å². The maximum absolute atomic E-state index is 12.5. The summed E-state index contributed by atoms with van der Waals surface area (Å²) in [5, 5.41) is 9.72. The van der Waals surface area contributed by atoms with E-state index < -0.39 is 6.09 Å². The maximum atomic E-state index is 12.5. The first-order valence-corrected chi connectivity index (χ1v) is 8.66. The first kappa shape index (κ1) is 19.4. The highest BCUT2D eigenvalue weighted by Gasteiger charge is 2.16. The van der Waals surface area contributed by atoms with Gasteiger partial charge in [0.1, 0.15) is 12.7 Å². The molecular formula is C18H25N5O3. The average Bonchev–Trinajstić information content (AvgIpc) is 3.14. The van der Waals surface area contributed by atoms with E-state index in [-0.39, 0.29) is 11.9 Å². The highest BCUT2D eigenvalue weighted by atomic mass is 16.5. The lowest BCUT2D eigenvalue weighted by molar-refractivity contribution is 0.0944. The Balaban J connectivity index is 1.98. The second-order valence-corrected chi connectivity index (χ2v) is 6.29. The molecule has 2 rings (SSSR count). The Bertz CT molecular complexity index is 715. The van der Waals surface area contributed by atoms with Gasteiger partial charge in [0.15, 0.2) is 0 Å². The van der Waals surface area contributed by atoms with E-state index in [0.717, 1.165) is 12.1 Å². The van der Waals surface area contributed by atoms with Gasteiger partial charge in [-0.3, -0.25) is 4.79 Å². The normalized spacial score (nSPS) is 11.8. The smallest absolute Gasteiger partial charge is 0.407 e. The van der Waals surface area contributed by atoms with Gasteiger partial charge in [-0.1, -0.05) is 19.9 Å². The van der Waals surface area contributed by atoms with Crippen LogP contribution in [0, 0.1) is 5.92 Å². The molecule has 26 heavy (non-hydrogen) atoms. The summed E-state index contributed by atoms with van der Waals surface area (Å²) >= 11 is 0. The monoisotopic (exact) mass is 359 g/mol. The fourth-order valence-electron chi connectivity index (χ4n) is 2.55. The summed E-state index contributed by atoms with van der Waals surface area (Å²) in [7, 11) is 0. The molecule has 8 nitrogen and oxygen atoms in total. The van der Waals surface area contributed by atoms with Crippen molar-refractivity contribution in [2.75, 3.05) is 13.2 Å².